The second-order valence-corrected chi connectivity index (χ2v) is 6.90. The fraction of sp³-hybridized carbons (Fsp3) is 0.474. The summed E-state index contributed by atoms with van der Waals surface area (Å²) < 4.78 is 4.36. The summed E-state index contributed by atoms with van der Waals surface area (Å²) in [7, 11) is 1.28. The lowest BCUT2D eigenvalue weighted by molar-refractivity contribution is -0.144. The van der Waals surface area contributed by atoms with E-state index in [4.69, 9.17) is 0 Å². The molecule has 8 heteroatoms. The van der Waals surface area contributed by atoms with Gasteiger partial charge in [-0.05, 0) is 30.0 Å². The monoisotopic (exact) mass is 379 g/mol. The van der Waals surface area contributed by atoms with Crippen molar-refractivity contribution in [2.45, 2.75) is 53.0 Å². The molecule has 150 valence electrons. The van der Waals surface area contributed by atoms with Gasteiger partial charge in [0.15, 0.2) is 0 Å². The van der Waals surface area contributed by atoms with E-state index in [0.717, 1.165) is 11.3 Å². The van der Waals surface area contributed by atoms with Crippen molar-refractivity contribution in [1.29, 1.82) is 0 Å². The van der Waals surface area contributed by atoms with Gasteiger partial charge in [0, 0.05) is 25.2 Å². The first kappa shape index (κ1) is 24.1. The Morgan fingerprint density at radius 1 is 1.11 bits per heavy atom. The van der Waals surface area contributed by atoms with Gasteiger partial charge in [0.2, 0.25) is 18.2 Å². The molecule has 8 nitrogen and oxygen atoms in total. The van der Waals surface area contributed by atoms with E-state index in [2.05, 4.69) is 41.5 Å². The molecule has 0 saturated carbocycles. The van der Waals surface area contributed by atoms with Gasteiger partial charge in [-0.1, -0.05) is 26.8 Å². The molecule has 1 aromatic carbocycles. The van der Waals surface area contributed by atoms with Gasteiger partial charge in [0.1, 0.15) is 6.04 Å². The molecule has 1 aromatic rings. The lowest BCUT2D eigenvalue weighted by Crippen LogP contribution is -2.37. The Morgan fingerprint density at radius 3 is 2.11 bits per heavy atom. The summed E-state index contributed by atoms with van der Waals surface area (Å²) in [5.41, 5.74) is 2.35. The van der Waals surface area contributed by atoms with Crippen LogP contribution in [-0.4, -0.2) is 37.3 Å². The standard InChI is InChI=1S/C13H18N2O2.C6H11NO3/c1-9(17)15-10-5-6-11(13(2,3)4)12(7-10)14-8-16;1-4(6(9)10-3)7-5(2)8/h5-8H,1-4H3,(H,14,16)(H,15,17);4H,1-3H3,(H,7,8). The normalized spacial score (nSPS) is 11.2. The van der Waals surface area contributed by atoms with Crippen LogP contribution in [0.2, 0.25) is 0 Å². The summed E-state index contributed by atoms with van der Waals surface area (Å²) >= 11 is 0. The number of carbonyl (C=O) groups is 4. The van der Waals surface area contributed by atoms with Crippen molar-refractivity contribution in [3.63, 3.8) is 0 Å². The zero-order valence-electron chi connectivity index (χ0n) is 16.9. The van der Waals surface area contributed by atoms with Crippen LogP contribution in [0.4, 0.5) is 11.4 Å². The minimum Gasteiger partial charge on any atom is -0.467 e. The molecule has 0 radical (unpaired) electrons. The number of methoxy groups -OCH3 is 1. The Labute approximate surface area is 160 Å². The van der Waals surface area contributed by atoms with Crippen LogP contribution in [0.25, 0.3) is 0 Å². The highest BCUT2D eigenvalue weighted by Crippen LogP contribution is 2.31. The van der Waals surface area contributed by atoms with E-state index in [-0.39, 0.29) is 17.2 Å². The quantitative estimate of drug-likeness (QED) is 0.536. The van der Waals surface area contributed by atoms with Gasteiger partial charge in [-0.15, -0.1) is 0 Å². The minimum absolute atomic E-state index is 0.0693. The molecule has 0 heterocycles. The van der Waals surface area contributed by atoms with Crippen molar-refractivity contribution in [3.05, 3.63) is 23.8 Å². The number of esters is 1. The van der Waals surface area contributed by atoms with E-state index >= 15 is 0 Å². The molecule has 0 aliphatic carbocycles. The second-order valence-electron chi connectivity index (χ2n) is 6.90. The topological polar surface area (TPSA) is 114 Å². The van der Waals surface area contributed by atoms with Crippen LogP contribution >= 0.6 is 0 Å². The average molecular weight is 379 g/mol. The Balaban J connectivity index is 0.000000580. The van der Waals surface area contributed by atoms with Gasteiger partial charge in [0.25, 0.3) is 0 Å². The van der Waals surface area contributed by atoms with Crippen molar-refractivity contribution >= 4 is 35.6 Å². The van der Waals surface area contributed by atoms with E-state index in [0.29, 0.717) is 12.1 Å². The fourth-order valence-electron chi connectivity index (χ4n) is 2.20. The van der Waals surface area contributed by atoms with E-state index < -0.39 is 12.0 Å². The molecule has 3 N–H and O–H groups in total. The third-order valence-electron chi connectivity index (χ3n) is 3.34. The Hall–Kier alpha value is -2.90. The predicted octanol–water partition coefficient (Wildman–Crippen LogP) is 2.19. The van der Waals surface area contributed by atoms with E-state index in [1.807, 2.05) is 12.1 Å². The van der Waals surface area contributed by atoms with Gasteiger partial charge in [-0.2, -0.15) is 0 Å². The van der Waals surface area contributed by atoms with Crippen LogP contribution in [0.1, 0.15) is 47.1 Å². The van der Waals surface area contributed by atoms with E-state index in [1.165, 1.54) is 21.0 Å². The molecule has 3 amide bonds. The lowest BCUT2D eigenvalue weighted by atomic mass is 9.85. The lowest BCUT2D eigenvalue weighted by Gasteiger charge is -2.23. The smallest absolute Gasteiger partial charge is 0.328 e. The SMILES string of the molecule is CC(=O)Nc1ccc(C(C)(C)C)c(NC=O)c1.COC(=O)C(C)NC(C)=O. The molecular formula is C19H29N3O5. The molecule has 1 atom stereocenters. The summed E-state index contributed by atoms with van der Waals surface area (Å²) in [6.45, 7) is 10.6. The molecule has 0 aromatic heterocycles. The maximum atomic E-state index is 11.0. The predicted molar refractivity (Wildman–Crippen MR) is 104 cm³/mol. The number of amides is 3. The number of anilines is 2. The first-order valence-corrected chi connectivity index (χ1v) is 8.39. The number of hydrogen-bond donors (Lipinski definition) is 3. The third kappa shape index (κ3) is 9.39. The molecule has 27 heavy (non-hydrogen) atoms. The summed E-state index contributed by atoms with van der Waals surface area (Å²) in [6.07, 6.45) is 0.641. The molecule has 0 bridgehead atoms. The summed E-state index contributed by atoms with van der Waals surface area (Å²) in [6, 6.07) is 4.95. The number of carbonyl (C=O) groups excluding carboxylic acids is 4. The van der Waals surface area contributed by atoms with Crippen LogP contribution in [0.5, 0.6) is 0 Å². The summed E-state index contributed by atoms with van der Waals surface area (Å²) in [4.78, 5) is 42.5. The van der Waals surface area contributed by atoms with Crippen molar-refractivity contribution in [2.24, 2.45) is 0 Å². The first-order valence-electron chi connectivity index (χ1n) is 8.39. The van der Waals surface area contributed by atoms with Crippen molar-refractivity contribution in [1.82, 2.24) is 5.32 Å². The van der Waals surface area contributed by atoms with Gasteiger partial charge in [-0.25, -0.2) is 4.79 Å². The molecule has 1 unspecified atom stereocenters. The maximum Gasteiger partial charge on any atom is 0.328 e. The van der Waals surface area contributed by atoms with E-state index in [1.54, 1.807) is 13.0 Å². The summed E-state index contributed by atoms with van der Waals surface area (Å²) in [5.74, 6) is -0.807. The van der Waals surface area contributed by atoms with Crippen LogP contribution < -0.4 is 16.0 Å². The zero-order chi connectivity index (χ0) is 21.2. The van der Waals surface area contributed by atoms with E-state index in [9.17, 15) is 19.2 Å². The largest absolute Gasteiger partial charge is 0.467 e. The van der Waals surface area contributed by atoms with Crippen LogP contribution in [0.3, 0.4) is 0 Å². The molecular weight excluding hydrogens is 350 g/mol. The third-order valence-corrected chi connectivity index (χ3v) is 3.34. The van der Waals surface area contributed by atoms with Crippen LogP contribution in [0.15, 0.2) is 18.2 Å². The van der Waals surface area contributed by atoms with Gasteiger partial charge in [0.05, 0.1) is 7.11 Å². The van der Waals surface area contributed by atoms with Crippen molar-refractivity contribution < 1.29 is 23.9 Å². The Morgan fingerprint density at radius 2 is 1.70 bits per heavy atom. The van der Waals surface area contributed by atoms with Crippen molar-refractivity contribution in [2.75, 3.05) is 17.7 Å². The number of ether oxygens (including phenoxy) is 1. The minimum atomic E-state index is -0.553. The van der Waals surface area contributed by atoms with Gasteiger partial charge >= 0.3 is 5.97 Å². The molecule has 0 saturated heterocycles. The highest BCUT2D eigenvalue weighted by molar-refractivity contribution is 5.90. The van der Waals surface area contributed by atoms with Gasteiger partial charge in [-0.3, -0.25) is 14.4 Å². The molecule has 0 aliphatic heterocycles. The molecule has 0 fully saturated rings. The fourth-order valence-corrected chi connectivity index (χ4v) is 2.20. The number of hydrogen-bond acceptors (Lipinski definition) is 5. The average Bonchev–Trinajstić information content (AvgIpc) is 2.52. The highest BCUT2D eigenvalue weighted by atomic mass is 16.5. The number of rotatable bonds is 5. The van der Waals surface area contributed by atoms with Crippen molar-refractivity contribution in [3.8, 4) is 0 Å². The Kier molecular flexibility index (Phi) is 9.77. The second kappa shape index (κ2) is 10.9. The first-order chi connectivity index (χ1) is 12.4. The highest BCUT2D eigenvalue weighted by Gasteiger charge is 2.18. The number of benzene rings is 1. The summed E-state index contributed by atoms with van der Waals surface area (Å²) in [5, 5.41) is 7.73. The molecule has 0 aliphatic rings. The molecule has 0 spiro atoms. The van der Waals surface area contributed by atoms with Crippen LogP contribution in [0, 0.1) is 0 Å². The van der Waals surface area contributed by atoms with Gasteiger partial charge < -0.3 is 20.7 Å². The Bertz CT molecular complexity index is 680. The molecule has 1 rings (SSSR count). The maximum absolute atomic E-state index is 11.0. The zero-order valence-corrected chi connectivity index (χ0v) is 16.9. The van der Waals surface area contributed by atoms with Crippen LogP contribution in [-0.2, 0) is 29.3 Å². The number of nitrogens with one attached hydrogen (secondary N) is 3.